The second-order valence-corrected chi connectivity index (χ2v) is 10.9. The molecule has 0 radical (unpaired) electrons. The zero-order valence-corrected chi connectivity index (χ0v) is 19.9. The van der Waals surface area contributed by atoms with E-state index in [0.29, 0.717) is 31.9 Å². The smallest absolute Gasteiger partial charge is 0.243 e. The Balaban J connectivity index is 1.51. The van der Waals surface area contributed by atoms with E-state index >= 15 is 0 Å². The zero-order valence-electron chi connectivity index (χ0n) is 18.2. The number of nitrogens with zero attached hydrogens (tertiary/aromatic N) is 3. The SMILES string of the molecule is CCN(CC)S(=O)(=O)c1ccc(N2C[C@H](C(=O)N3CCSc4ccccc43)CC2=O)cc1. The zero-order chi connectivity index (χ0) is 22.9. The number of carbonyl (C=O) groups excluding carboxylic acids is 2. The van der Waals surface area contributed by atoms with Crippen molar-refractivity contribution >= 4 is 45.0 Å². The van der Waals surface area contributed by atoms with Crippen molar-refractivity contribution in [1.29, 1.82) is 0 Å². The van der Waals surface area contributed by atoms with Crippen LogP contribution in [0.25, 0.3) is 0 Å². The van der Waals surface area contributed by atoms with Gasteiger partial charge in [-0.05, 0) is 36.4 Å². The molecule has 2 aliphatic heterocycles. The second kappa shape index (κ2) is 9.25. The topological polar surface area (TPSA) is 78.0 Å². The van der Waals surface area contributed by atoms with E-state index in [1.54, 1.807) is 47.5 Å². The van der Waals surface area contributed by atoms with E-state index in [4.69, 9.17) is 0 Å². The number of rotatable bonds is 6. The van der Waals surface area contributed by atoms with Crippen LogP contribution >= 0.6 is 11.8 Å². The molecule has 2 aromatic carbocycles. The normalized spacial score (nSPS) is 18.8. The largest absolute Gasteiger partial charge is 0.312 e. The number of fused-ring (bicyclic) bond motifs is 1. The van der Waals surface area contributed by atoms with Crippen LogP contribution in [0.2, 0.25) is 0 Å². The molecule has 7 nitrogen and oxygen atoms in total. The average molecular weight is 474 g/mol. The number of amides is 2. The number of thioether (sulfide) groups is 1. The van der Waals surface area contributed by atoms with Crippen molar-refractivity contribution in [2.24, 2.45) is 5.92 Å². The minimum atomic E-state index is -3.56. The first kappa shape index (κ1) is 22.8. The lowest BCUT2D eigenvalue weighted by Crippen LogP contribution is -2.40. The molecule has 0 aliphatic carbocycles. The Morgan fingerprint density at radius 3 is 2.47 bits per heavy atom. The number of anilines is 2. The lowest BCUT2D eigenvalue weighted by atomic mass is 10.1. The van der Waals surface area contributed by atoms with Crippen molar-refractivity contribution in [3.63, 3.8) is 0 Å². The number of hydrogen-bond donors (Lipinski definition) is 0. The Kier molecular flexibility index (Phi) is 6.60. The highest BCUT2D eigenvalue weighted by Gasteiger charge is 2.38. The second-order valence-electron chi connectivity index (χ2n) is 7.79. The Hall–Kier alpha value is -2.36. The van der Waals surface area contributed by atoms with Crippen LogP contribution in [0.5, 0.6) is 0 Å². The maximum atomic E-state index is 13.3. The quantitative estimate of drug-likeness (QED) is 0.644. The van der Waals surface area contributed by atoms with Gasteiger partial charge in [-0.2, -0.15) is 4.31 Å². The molecular formula is C23H27N3O4S2. The van der Waals surface area contributed by atoms with Crippen molar-refractivity contribution in [3.8, 4) is 0 Å². The highest BCUT2D eigenvalue weighted by atomic mass is 32.2. The van der Waals surface area contributed by atoms with Crippen LogP contribution in [-0.2, 0) is 19.6 Å². The summed E-state index contributed by atoms with van der Waals surface area (Å²) in [5, 5.41) is 0. The van der Waals surface area contributed by atoms with Gasteiger partial charge in [-0.25, -0.2) is 8.42 Å². The van der Waals surface area contributed by atoms with Crippen molar-refractivity contribution in [1.82, 2.24) is 4.31 Å². The summed E-state index contributed by atoms with van der Waals surface area (Å²) in [6.45, 7) is 5.32. The molecule has 1 atom stereocenters. The van der Waals surface area contributed by atoms with E-state index in [1.807, 2.05) is 24.3 Å². The Labute approximate surface area is 193 Å². The molecule has 32 heavy (non-hydrogen) atoms. The fourth-order valence-electron chi connectivity index (χ4n) is 4.25. The van der Waals surface area contributed by atoms with Gasteiger partial charge in [-0.15, -0.1) is 11.8 Å². The van der Waals surface area contributed by atoms with Crippen LogP contribution in [-0.4, -0.2) is 56.5 Å². The van der Waals surface area contributed by atoms with Crippen molar-refractivity contribution < 1.29 is 18.0 Å². The van der Waals surface area contributed by atoms with Crippen molar-refractivity contribution in [2.45, 2.75) is 30.1 Å². The van der Waals surface area contributed by atoms with Gasteiger partial charge in [0, 0.05) is 48.9 Å². The summed E-state index contributed by atoms with van der Waals surface area (Å²) >= 11 is 1.73. The van der Waals surface area contributed by atoms with Gasteiger partial charge in [0.15, 0.2) is 0 Å². The number of benzene rings is 2. The highest BCUT2D eigenvalue weighted by molar-refractivity contribution is 7.99. The molecule has 2 heterocycles. The van der Waals surface area contributed by atoms with E-state index in [-0.39, 0.29) is 23.1 Å². The molecule has 0 bridgehead atoms. The van der Waals surface area contributed by atoms with Crippen LogP contribution in [0.4, 0.5) is 11.4 Å². The van der Waals surface area contributed by atoms with Crippen LogP contribution in [0.3, 0.4) is 0 Å². The molecule has 0 spiro atoms. The summed E-state index contributed by atoms with van der Waals surface area (Å²) in [6, 6.07) is 14.2. The van der Waals surface area contributed by atoms with Gasteiger partial charge in [0.2, 0.25) is 21.8 Å². The predicted molar refractivity (Wildman–Crippen MR) is 127 cm³/mol. The van der Waals surface area contributed by atoms with Gasteiger partial charge in [0.1, 0.15) is 0 Å². The maximum Gasteiger partial charge on any atom is 0.243 e. The van der Waals surface area contributed by atoms with Crippen LogP contribution in [0.1, 0.15) is 20.3 Å². The number of para-hydroxylation sites is 1. The minimum Gasteiger partial charge on any atom is -0.312 e. The third-order valence-electron chi connectivity index (χ3n) is 5.96. The first-order valence-electron chi connectivity index (χ1n) is 10.8. The molecule has 2 aliphatic rings. The first-order valence-corrected chi connectivity index (χ1v) is 13.2. The van der Waals surface area contributed by atoms with E-state index in [0.717, 1.165) is 16.3 Å². The van der Waals surface area contributed by atoms with E-state index in [2.05, 4.69) is 0 Å². The van der Waals surface area contributed by atoms with Crippen molar-refractivity contribution in [3.05, 3.63) is 48.5 Å². The molecule has 4 rings (SSSR count). The van der Waals surface area contributed by atoms with E-state index in [9.17, 15) is 18.0 Å². The molecule has 1 fully saturated rings. The molecule has 170 valence electrons. The fourth-order valence-corrected chi connectivity index (χ4v) is 6.70. The molecular weight excluding hydrogens is 446 g/mol. The summed E-state index contributed by atoms with van der Waals surface area (Å²) in [5.41, 5.74) is 1.52. The first-order chi connectivity index (χ1) is 15.4. The summed E-state index contributed by atoms with van der Waals surface area (Å²) in [4.78, 5) is 30.7. The fraction of sp³-hybridized carbons (Fsp3) is 0.391. The number of hydrogen-bond acceptors (Lipinski definition) is 5. The molecule has 1 saturated heterocycles. The predicted octanol–water partition coefficient (Wildman–Crippen LogP) is 3.21. The molecule has 9 heteroatoms. The monoisotopic (exact) mass is 473 g/mol. The van der Waals surface area contributed by atoms with Gasteiger partial charge in [-0.3, -0.25) is 9.59 Å². The number of carbonyl (C=O) groups is 2. The standard InChI is InChI=1S/C23H27N3O4S2/c1-3-24(4-2)32(29,30)19-11-9-18(10-12-19)26-16-17(15-22(26)27)23(28)25-13-14-31-21-8-6-5-7-20(21)25/h5-12,17H,3-4,13-16H2,1-2H3/t17-/m1/s1. The van der Waals surface area contributed by atoms with Crippen LogP contribution in [0.15, 0.2) is 58.3 Å². The minimum absolute atomic E-state index is 0.0330. The third kappa shape index (κ3) is 4.16. The van der Waals surface area contributed by atoms with Crippen LogP contribution < -0.4 is 9.80 Å². The van der Waals surface area contributed by atoms with Gasteiger partial charge >= 0.3 is 0 Å². The van der Waals surface area contributed by atoms with Gasteiger partial charge in [0.05, 0.1) is 16.5 Å². The molecule has 0 aromatic heterocycles. The maximum absolute atomic E-state index is 13.3. The van der Waals surface area contributed by atoms with Crippen LogP contribution in [0, 0.1) is 5.92 Å². The Morgan fingerprint density at radius 1 is 1.09 bits per heavy atom. The van der Waals surface area contributed by atoms with Gasteiger partial charge < -0.3 is 9.80 Å². The molecule has 0 saturated carbocycles. The van der Waals surface area contributed by atoms with Crippen molar-refractivity contribution in [2.75, 3.05) is 41.7 Å². The summed E-state index contributed by atoms with van der Waals surface area (Å²) in [7, 11) is -3.56. The lowest BCUT2D eigenvalue weighted by molar-refractivity contribution is -0.124. The summed E-state index contributed by atoms with van der Waals surface area (Å²) in [6.07, 6.45) is 0.157. The highest BCUT2D eigenvalue weighted by Crippen LogP contribution is 2.36. The summed E-state index contributed by atoms with van der Waals surface area (Å²) in [5.74, 6) is 0.254. The summed E-state index contributed by atoms with van der Waals surface area (Å²) < 4.78 is 26.8. The molecule has 2 amide bonds. The Bertz CT molecular complexity index is 1110. The van der Waals surface area contributed by atoms with Gasteiger partial charge in [-0.1, -0.05) is 26.0 Å². The van der Waals surface area contributed by atoms with E-state index in [1.165, 1.54) is 16.4 Å². The molecule has 2 aromatic rings. The van der Waals surface area contributed by atoms with E-state index < -0.39 is 15.9 Å². The molecule has 0 unspecified atom stereocenters. The van der Waals surface area contributed by atoms with Gasteiger partial charge in [0.25, 0.3) is 0 Å². The average Bonchev–Trinajstić information content (AvgIpc) is 3.20. The molecule has 0 N–H and O–H groups in total. The Morgan fingerprint density at radius 2 is 1.78 bits per heavy atom. The third-order valence-corrected chi connectivity index (χ3v) is 9.07. The lowest BCUT2D eigenvalue weighted by Gasteiger charge is -2.30. The number of sulfonamides is 1.